The van der Waals surface area contributed by atoms with E-state index >= 15 is 0 Å². The molecular formula is C24H32Cl2F3N5O. The largest absolute Gasteiger partial charge is 0.421 e. The Morgan fingerprint density at radius 3 is 2.46 bits per heavy atom. The molecule has 3 rings (SSSR count). The number of likely N-dealkylation sites (N-methyl/N-ethyl adjacent to an activating group) is 1. The third-order valence-electron chi connectivity index (χ3n) is 6.28. The standard InChI is InChI=1S/C24H32Cl2F3N5O/c1-3-33(4-2)12-14-35-13-9-17-7-10-34(11-8-17)22-19(24(27,28)29)16-30-23(32-22)31-18-5-6-20(25)21(26)15-18/h5-6,15-17H,3-4,7-14H2,1-2H3,(H,30,31,32). The highest BCUT2D eigenvalue weighted by Crippen LogP contribution is 2.37. The molecule has 1 aliphatic rings. The van der Waals surface area contributed by atoms with Crippen molar-refractivity contribution in [3.8, 4) is 0 Å². The van der Waals surface area contributed by atoms with E-state index in [9.17, 15) is 13.2 Å². The molecule has 0 unspecified atom stereocenters. The van der Waals surface area contributed by atoms with Crippen LogP contribution >= 0.6 is 23.2 Å². The fourth-order valence-corrected chi connectivity index (χ4v) is 4.39. The zero-order valence-corrected chi connectivity index (χ0v) is 21.6. The van der Waals surface area contributed by atoms with Gasteiger partial charge in [0.15, 0.2) is 0 Å². The van der Waals surface area contributed by atoms with E-state index in [0.29, 0.717) is 48.0 Å². The average Bonchev–Trinajstić information content (AvgIpc) is 2.83. The Balaban J connectivity index is 1.60. The van der Waals surface area contributed by atoms with Crippen LogP contribution in [0.1, 0.15) is 38.7 Å². The summed E-state index contributed by atoms with van der Waals surface area (Å²) >= 11 is 12.0. The van der Waals surface area contributed by atoms with Crippen LogP contribution < -0.4 is 10.2 Å². The maximum absolute atomic E-state index is 13.7. The molecule has 0 aliphatic carbocycles. The van der Waals surface area contributed by atoms with Gasteiger partial charge >= 0.3 is 6.18 Å². The van der Waals surface area contributed by atoms with Crippen molar-refractivity contribution in [3.05, 3.63) is 40.0 Å². The third-order valence-corrected chi connectivity index (χ3v) is 7.02. The van der Waals surface area contributed by atoms with Crippen LogP contribution in [0.3, 0.4) is 0 Å². The van der Waals surface area contributed by atoms with Gasteiger partial charge < -0.3 is 19.9 Å². The Morgan fingerprint density at radius 2 is 1.83 bits per heavy atom. The van der Waals surface area contributed by atoms with Gasteiger partial charge in [0.05, 0.1) is 16.7 Å². The topological polar surface area (TPSA) is 53.5 Å². The number of anilines is 3. The zero-order valence-electron chi connectivity index (χ0n) is 20.0. The maximum atomic E-state index is 13.7. The SMILES string of the molecule is CCN(CC)CCOCCC1CCN(c2nc(Nc3ccc(Cl)c(Cl)c3)ncc2C(F)(F)F)CC1. The van der Waals surface area contributed by atoms with E-state index in [-0.39, 0.29) is 11.8 Å². The van der Waals surface area contributed by atoms with E-state index < -0.39 is 11.7 Å². The molecule has 1 N–H and O–H groups in total. The Kier molecular flexibility index (Phi) is 10.3. The number of piperidine rings is 1. The van der Waals surface area contributed by atoms with Crippen molar-refractivity contribution < 1.29 is 17.9 Å². The number of rotatable bonds is 11. The summed E-state index contributed by atoms with van der Waals surface area (Å²) in [6.07, 6.45) is -1.23. The summed E-state index contributed by atoms with van der Waals surface area (Å²) in [6, 6.07) is 4.82. The first-order valence-corrected chi connectivity index (χ1v) is 12.7. The van der Waals surface area contributed by atoms with Gasteiger partial charge in [-0.2, -0.15) is 18.2 Å². The molecular weight excluding hydrogens is 502 g/mol. The van der Waals surface area contributed by atoms with Crippen LogP contribution in [0, 0.1) is 5.92 Å². The molecule has 2 aromatic rings. The number of nitrogens with one attached hydrogen (secondary N) is 1. The summed E-state index contributed by atoms with van der Waals surface area (Å²) in [4.78, 5) is 12.1. The molecule has 0 atom stereocenters. The van der Waals surface area contributed by atoms with E-state index in [0.717, 1.165) is 45.1 Å². The molecule has 1 saturated heterocycles. The molecule has 0 amide bonds. The van der Waals surface area contributed by atoms with E-state index in [1.165, 1.54) is 0 Å². The molecule has 1 aliphatic heterocycles. The number of hydrogen-bond donors (Lipinski definition) is 1. The highest BCUT2D eigenvalue weighted by atomic mass is 35.5. The Bertz CT molecular complexity index is 951. The zero-order chi connectivity index (χ0) is 25.4. The fraction of sp³-hybridized carbons (Fsp3) is 0.583. The number of aromatic nitrogens is 2. The Morgan fingerprint density at radius 1 is 1.11 bits per heavy atom. The van der Waals surface area contributed by atoms with Crippen LogP contribution in [-0.2, 0) is 10.9 Å². The average molecular weight is 534 g/mol. The van der Waals surface area contributed by atoms with Gasteiger partial charge in [-0.05, 0) is 56.5 Å². The first-order valence-electron chi connectivity index (χ1n) is 11.9. The lowest BCUT2D eigenvalue weighted by atomic mass is 9.94. The van der Waals surface area contributed by atoms with Crippen molar-refractivity contribution >= 4 is 40.7 Å². The number of alkyl halides is 3. The molecule has 11 heteroatoms. The van der Waals surface area contributed by atoms with Crippen LogP contribution in [-0.4, -0.2) is 60.8 Å². The van der Waals surface area contributed by atoms with Gasteiger partial charge in [-0.25, -0.2) is 4.98 Å². The lowest BCUT2D eigenvalue weighted by molar-refractivity contribution is -0.137. The third kappa shape index (κ3) is 8.10. The van der Waals surface area contributed by atoms with Crippen molar-refractivity contribution in [1.82, 2.24) is 14.9 Å². The molecule has 6 nitrogen and oxygen atoms in total. The van der Waals surface area contributed by atoms with Gasteiger partial charge in [0, 0.05) is 38.1 Å². The normalized spacial score (nSPS) is 15.1. The first kappa shape index (κ1) is 27.8. The molecule has 2 heterocycles. The van der Waals surface area contributed by atoms with Gasteiger partial charge in [-0.15, -0.1) is 0 Å². The van der Waals surface area contributed by atoms with Gasteiger partial charge in [-0.3, -0.25) is 0 Å². The molecule has 0 radical (unpaired) electrons. The van der Waals surface area contributed by atoms with Gasteiger partial charge in [-0.1, -0.05) is 37.0 Å². The minimum absolute atomic E-state index is 0.0649. The highest BCUT2D eigenvalue weighted by Gasteiger charge is 2.37. The molecule has 1 aromatic carbocycles. The monoisotopic (exact) mass is 533 g/mol. The minimum Gasteiger partial charge on any atom is -0.380 e. The van der Waals surface area contributed by atoms with Crippen molar-refractivity contribution in [1.29, 1.82) is 0 Å². The second-order valence-corrected chi connectivity index (χ2v) is 9.36. The number of benzene rings is 1. The number of nitrogens with zero attached hydrogens (tertiary/aromatic N) is 4. The van der Waals surface area contributed by atoms with Crippen LogP contribution in [0.5, 0.6) is 0 Å². The quantitative estimate of drug-likeness (QED) is 0.332. The first-order chi connectivity index (χ1) is 16.7. The second-order valence-electron chi connectivity index (χ2n) is 8.54. The Hall–Kier alpha value is -1.81. The molecule has 1 fully saturated rings. The summed E-state index contributed by atoms with van der Waals surface area (Å²) in [5.74, 6) is 0.378. The molecule has 0 saturated carbocycles. The fourth-order valence-electron chi connectivity index (χ4n) is 4.10. The van der Waals surface area contributed by atoms with Crippen molar-refractivity contribution in [2.45, 2.75) is 39.3 Å². The van der Waals surface area contributed by atoms with Crippen molar-refractivity contribution in [2.75, 3.05) is 56.2 Å². The van der Waals surface area contributed by atoms with Crippen LogP contribution in [0.4, 0.5) is 30.6 Å². The van der Waals surface area contributed by atoms with Crippen LogP contribution in [0.15, 0.2) is 24.4 Å². The predicted molar refractivity (Wildman–Crippen MR) is 135 cm³/mol. The lowest BCUT2D eigenvalue weighted by Gasteiger charge is -2.34. The van der Waals surface area contributed by atoms with E-state index in [1.54, 1.807) is 23.1 Å². The lowest BCUT2D eigenvalue weighted by Crippen LogP contribution is -2.36. The molecule has 194 valence electrons. The molecule has 0 bridgehead atoms. The smallest absolute Gasteiger partial charge is 0.380 e. The van der Waals surface area contributed by atoms with Gasteiger partial charge in [0.1, 0.15) is 11.4 Å². The highest BCUT2D eigenvalue weighted by molar-refractivity contribution is 6.42. The Labute approximate surface area is 214 Å². The summed E-state index contributed by atoms with van der Waals surface area (Å²) in [5.41, 5.74) is -0.305. The van der Waals surface area contributed by atoms with E-state index in [1.807, 2.05) is 0 Å². The number of ether oxygens (including phenoxy) is 1. The van der Waals surface area contributed by atoms with E-state index in [2.05, 4.69) is 34.0 Å². The van der Waals surface area contributed by atoms with Crippen molar-refractivity contribution in [3.63, 3.8) is 0 Å². The van der Waals surface area contributed by atoms with Crippen LogP contribution in [0.2, 0.25) is 10.0 Å². The van der Waals surface area contributed by atoms with E-state index in [4.69, 9.17) is 27.9 Å². The van der Waals surface area contributed by atoms with Crippen molar-refractivity contribution in [2.24, 2.45) is 5.92 Å². The molecule has 35 heavy (non-hydrogen) atoms. The van der Waals surface area contributed by atoms with Gasteiger partial charge in [0.2, 0.25) is 5.95 Å². The molecule has 0 spiro atoms. The number of halogens is 5. The van der Waals surface area contributed by atoms with Gasteiger partial charge in [0.25, 0.3) is 0 Å². The molecule has 1 aromatic heterocycles. The number of hydrogen-bond acceptors (Lipinski definition) is 6. The summed E-state index contributed by atoms with van der Waals surface area (Å²) in [6.45, 7) is 9.55. The predicted octanol–water partition coefficient (Wildman–Crippen LogP) is 6.51. The maximum Gasteiger partial charge on any atom is 0.421 e. The summed E-state index contributed by atoms with van der Waals surface area (Å²) in [7, 11) is 0. The van der Waals surface area contributed by atoms with Crippen LogP contribution in [0.25, 0.3) is 0 Å². The summed E-state index contributed by atoms with van der Waals surface area (Å²) < 4.78 is 46.9. The minimum atomic E-state index is -4.55. The second kappa shape index (κ2) is 12.9. The summed E-state index contributed by atoms with van der Waals surface area (Å²) in [5, 5.41) is 3.62.